The molecule has 0 aromatic rings. The van der Waals surface area contributed by atoms with E-state index in [4.69, 9.17) is 0 Å². The van der Waals surface area contributed by atoms with Crippen LogP contribution in [0.4, 0.5) is 4.39 Å². The monoisotopic (exact) mass is 306 g/mol. The van der Waals surface area contributed by atoms with Gasteiger partial charge in [0.05, 0.1) is 0 Å². The molecule has 3 heteroatoms. The Kier molecular flexibility index (Phi) is 6.20. The van der Waals surface area contributed by atoms with Crippen molar-refractivity contribution in [2.75, 3.05) is 0 Å². The first-order valence-electron chi connectivity index (χ1n) is 2.82. The molecule has 1 atom stereocenters. The molecule has 9 heavy (non-hydrogen) atoms. The van der Waals surface area contributed by atoms with E-state index in [9.17, 15) is 4.39 Å². The summed E-state index contributed by atoms with van der Waals surface area (Å²) in [7, 11) is 0. The van der Waals surface area contributed by atoms with Gasteiger partial charge in [-0.1, -0.05) is 19.4 Å². The Hall–Kier alpha value is 0.880. The average molecular weight is 307 g/mol. The summed E-state index contributed by atoms with van der Waals surface area (Å²) in [5, 5.41) is -0.968. The van der Waals surface area contributed by atoms with E-state index in [0.717, 1.165) is 16.4 Å². The van der Waals surface area contributed by atoms with Crippen LogP contribution in [0.15, 0.2) is 9.66 Å². The summed E-state index contributed by atoms with van der Waals surface area (Å²) in [4.78, 5) is 0. The molecule has 0 spiro atoms. The minimum absolute atomic E-state index is 0.745. The van der Waals surface area contributed by atoms with Crippen molar-refractivity contribution in [3.8, 4) is 0 Å². The molecule has 54 valence electrons. The molecule has 0 aliphatic heterocycles. The topological polar surface area (TPSA) is 0 Å². The number of alkyl halides is 2. The highest BCUT2D eigenvalue weighted by Crippen LogP contribution is 2.20. The predicted molar refractivity (Wildman–Crippen MR) is 50.8 cm³/mol. The second-order valence-electron chi connectivity index (χ2n) is 1.68. The highest BCUT2D eigenvalue weighted by Gasteiger charge is 2.01. The molecule has 0 aromatic carbocycles. The molecule has 1 unspecified atom stereocenters. The van der Waals surface area contributed by atoms with Crippen molar-refractivity contribution in [1.82, 2.24) is 0 Å². The van der Waals surface area contributed by atoms with Crippen LogP contribution in [0.3, 0.4) is 0 Å². The molecule has 0 bridgehead atoms. The highest BCUT2D eigenvalue weighted by atomic mass is 127. The van der Waals surface area contributed by atoms with E-state index < -0.39 is 5.08 Å². The van der Waals surface area contributed by atoms with Gasteiger partial charge in [0.2, 0.25) is 0 Å². The molecule has 0 aliphatic carbocycles. The summed E-state index contributed by atoms with van der Waals surface area (Å²) in [6, 6.07) is 0. The van der Waals surface area contributed by atoms with E-state index in [2.05, 4.69) is 22.9 Å². The number of unbranched alkanes of at least 4 members (excludes halogenated alkanes) is 1. The SMILES string of the molecule is CCCC=C(I)C(F)Br. The lowest BCUT2D eigenvalue weighted by Gasteiger charge is -1.95. The third kappa shape index (κ3) is 5.33. The van der Waals surface area contributed by atoms with E-state index in [0.29, 0.717) is 0 Å². The fraction of sp³-hybridized carbons (Fsp3) is 0.667. The number of rotatable bonds is 3. The summed E-state index contributed by atoms with van der Waals surface area (Å²) in [5.74, 6) is 0. The van der Waals surface area contributed by atoms with Crippen LogP contribution in [0.2, 0.25) is 0 Å². The Labute approximate surface area is 77.2 Å². The van der Waals surface area contributed by atoms with Crippen molar-refractivity contribution in [3.63, 3.8) is 0 Å². The van der Waals surface area contributed by atoms with Crippen molar-refractivity contribution < 1.29 is 4.39 Å². The Balaban J connectivity index is 3.55. The smallest absolute Gasteiger partial charge is 0.185 e. The zero-order valence-corrected chi connectivity index (χ0v) is 8.95. The van der Waals surface area contributed by atoms with Gasteiger partial charge in [-0.05, 0) is 44.9 Å². The van der Waals surface area contributed by atoms with E-state index in [1.165, 1.54) is 0 Å². The van der Waals surface area contributed by atoms with Crippen LogP contribution in [-0.4, -0.2) is 5.08 Å². The largest absolute Gasteiger partial charge is 0.229 e. The predicted octanol–water partition coefficient (Wildman–Crippen LogP) is 3.80. The van der Waals surface area contributed by atoms with Gasteiger partial charge in [-0.25, -0.2) is 4.39 Å². The maximum Gasteiger partial charge on any atom is 0.185 e. The first kappa shape index (κ1) is 9.88. The number of hydrogen-bond acceptors (Lipinski definition) is 0. The second-order valence-corrected chi connectivity index (χ2v) is 3.73. The van der Waals surface area contributed by atoms with Gasteiger partial charge in [-0.3, -0.25) is 0 Å². The molecule has 0 amide bonds. The van der Waals surface area contributed by atoms with Gasteiger partial charge in [0.1, 0.15) is 0 Å². The molecule has 0 N–H and O–H groups in total. The van der Waals surface area contributed by atoms with Gasteiger partial charge in [-0.15, -0.1) is 0 Å². The minimum atomic E-state index is -0.968. The van der Waals surface area contributed by atoms with Crippen LogP contribution < -0.4 is 0 Å². The number of hydrogen-bond donors (Lipinski definition) is 0. The van der Waals surface area contributed by atoms with Crippen molar-refractivity contribution in [3.05, 3.63) is 9.66 Å². The molecule has 0 fully saturated rings. The van der Waals surface area contributed by atoms with Crippen LogP contribution in [0.5, 0.6) is 0 Å². The van der Waals surface area contributed by atoms with Crippen LogP contribution in [0.25, 0.3) is 0 Å². The van der Waals surface area contributed by atoms with E-state index in [-0.39, 0.29) is 0 Å². The lowest BCUT2D eigenvalue weighted by atomic mass is 10.3. The average Bonchev–Trinajstić information content (AvgIpc) is 1.82. The Morgan fingerprint density at radius 1 is 1.89 bits per heavy atom. The zero-order valence-electron chi connectivity index (χ0n) is 5.20. The Bertz CT molecular complexity index is 101. The van der Waals surface area contributed by atoms with E-state index in [1.807, 2.05) is 28.7 Å². The van der Waals surface area contributed by atoms with Gasteiger partial charge in [-0.2, -0.15) is 0 Å². The molecular weight excluding hydrogens is 298 g/mol. The molecule has 0 rings (SSSR count). The second kappa shape index (κ2) is 5.65. The van der Waals surface area contributed by atoms with E-state index >= 15 is 0 Å². The number of halogens is 3. The van der Waals surface area contributed by atoms with E-state index in [1.54, 1.807) is 0 Å². The molecule has 0 aromatic heterocycles. The molecular formula is C6H9BrFI. The van der Waals surface area contributed by atoms with Gasteiger partial charge >= 0.3 is 0 Å². The molecule has 0 saturated heterocycles. The third-order valence-electron chi connectivity index (χ3n) is 0.836. The fourth-order valence-corrected chi connectivity index (χ4v) is 0.870. The van der Waals surface area contributed by atoms with Crippen LogP contribution >= 0.6 is 38.5 Å². The number of allylic oxidation sites excluding steroid dienone is 2. The lowest BCUT2D eigenvalue weighted by Crippen LogP contribution is -1.84. The van der Waals surface area contributed by atoms with Crippen LogP contribution in [0, 0.1) is 0 Å². The molecule has 0 heterocycles. The minimum Gasteiger partial charge on any atom is -0.229 e. The fourth-order valence-electron chi connectivity index (χ4n) is 0.371. The molecule has 0 saturated carbocycles. The van der Waals surface area contributed by atoms with Crippen molar-refractivity contribution in [2.24, 2.45) is 0 Å². The maximum absolute atomic E-state index is 12.3. The quantitative estimate of drug-likeness (QED) is 0.549. The Morgan fingerprint density at radius 2 is 2.44 bits per heavy atom. The van der Waals surface area contributed by atoms with Crippen LogP contribution in [-0.2, 0) is 0 Å². The summed E-state index contributed by atoms with van der Waals surface area (Å²) < 4.78 is 13.0. The van der Waals surface area contributed by atoms with Gasteiger partial charge in [0.15, 0.2) is 5.08 Å². The van der Waals surface area contributed by atoms with Crippen molar-refractivity contribution >= 4 is 38.5 Å². The Morgan fingerprint density at radius 3 is 2.78 bits per heavy atom. The summed E-state index contributed by atoms with van der Waals surface area (Å²) >= 11 is 4.82. The zero-order chi connectivity index (χ0) is 7.28. The maximum atomic E-state index is 12.3. The molecule has 0 aliphatic rings. The standard InChI is InChI=1S/C6H9BrFI/c1-2-3-4-5(9)6(7)8/h4,6H,2-3H2,1H3. The summed E-state index contributed by atoms with van der Waals surface area (Å²) in [5.41, 5.74) is 0. The summed E-state index contributed by atoms with van der Waals surface area (Å²) in [6.45, 7) is 2.07. The van der Waals surface area contributed by atoms with Gasteiger partial charge in [0, 0.05) is 3.58 Å². The normalized spacial score (nSPS) is 15.8. The van der Waals surface area contributed by atoms with Crippen molar-refractivity contribution in [2.45, 2.75) is 24.8 Å². The van der Waals surface area contributed by atoms with Gasteiger partial charge in [0.25, 0.3) is 0 Å². The first-order chi connectivity index (χ1) is 4.18. The molecule has 0 radical (unpaired) electrons. The lowest BCUT2D eigenvalue weighted by molar-refractivity contribution is 0.525. The third-order valence-corrected chi connectivity index (χ3v) is 3.17. The highest BCUT2D eigenvalue weighted by molar-refractivity contribution is 14.1. The first-order valence-corrected chi connectivity index (χ1v) is 4.81. The van der Waals surface area contributed by atoms with Crippen LogP contribution in [0.1, 0.15) is 19.8 Å². The molecule has 0 nitrogen and oxygen atoms in total. The summed E-state index contributed by atoms with van der Waals surface area (Å²) in [6.07, 6.45) is 3.94. The van der Waals surface area contributed by atoms with Gasteiger partial charge < -0.3 is 0 Å². The van der Waals surface area contributed by atoms with Crippen molar-refractivity contribution in [1.29, 1.82) is 0 Å².